The van der Waals surface area contributed by atoms with E-state index < -0.39 is 30.0 Å². The number of rotatable bonds is 8. The van der Waals surface area contributed by atoms with Crippen molar-refractivity contribution in [3.63, 3.8) is 0 Å². The van der Waals surface area contributed by atoms with Crippen LogP contribution in [-0.4, -0.2) is 79.8 Å². The van der Waals surface area contributed by atoms with E-state index in [9.17, 15) is 18.0 Å². The second-order valence-electron chi connectivity index (χ2n) is 10.5. The molecule has 4 aliphatic heterocycles. The summed E-state index contributed by atoms with van der Waals surface area (Å²) in [6.07, 6.45) is 1.04. The van der Waals surface area contributed by atoms with Crippen molar-refractivity contribution >= 4 is 29.9 Å². The molecule has 8 unspecified atom stereocenters. The average molecular weight is 560 g/mol. The summed E-state index contributed by atoms with van der Waals surface area (Å²) in [6.45, 7) is 5.23. The Morgan fingerprint density at radius 2 is 2.13 bits per heavy atom. The number of urea groups is 1. The molecule has 5 N–H and O–H groups in total. The summed E-state index contributed by atoms with van der Waals surface area (Å²) in [7, 11) is 0. The van der Waals surface area contributed by atoms with Gasteiger partial charge in [0.05, 0.1) is 12.0 Å². The topological polar surface area (TPSA) is 120 Å². The van der Waals surface area contributed by atoms with Crippen LogP contribution in [-0.2, 0) is 9.47 Å². The molecule has 0 spiro atoms. The lowest BCUT2D eigenvalue weighted by Gasteiger charge is -2.43. The van der Waals surface area contributed by atoms with E-state index in [0.29, 0.717) is 37.9 Å². The van der Waals surface area contributed by atoms with Crippen LogP contribution in [0.25, 0.3) is 0 Å². The highest BCUT2D eigenvalue weighted by atomic mass is 32.2. The van der Waals surface area contributed by atoms with Gasteiger partial charge >= 0.3 is 12.2 Å². The molecule has 2 fully saturated rings. The number of hydrazone groups is 1. The van der Waals surface area contributed by atoms with Crippen molar-refractivity contribution in [2.75, 3.05) is 25.4 Å². The van der Waals surface area contributed by atoms with E-state index in [1.165, 1.54) is 11.8 Å². The zero-order chi connectivity index (χ0) is 26.9. The third-order valence-electron chi connectivity index (χ3n) is 7.54. The summed E-state index contributed by atoms with van der Waals surface area (Å²) in [5.41, 5.74) is 3.95. The van der Waals surface area contributed by atoms with Crippen LogP contribution in [0.1, 0.15) is 33.1 Å². The number of amides is 2. The smallest absolute Gasteiger partial charge is 0.404 e. The van der Waals surface area contributed by atoms with Gasteiger partial charge in [-0.05, 0) is 38.0 Å². The molecule has 5 aliphatic rings. The number of halogens is 3. The van der Waals surface area contributed by atoms with Crippen molar-refractivity contribution in [2.45, 2.75) is 69.3 Å². The predicted molar refractivity (Wildman–Crippen MR) is 138 cm³/mol. The van der Waals surface area contributed by atoms with Crippen molar-refractivity contribution < 1.29 is 27.4 Å². The first-order valence-electron chi connectivity index (χ1n) is 13.2. The molecule has 0 bridgehead atoms. The van der Waals surface area contributed by atoms with E-state index in [2.05, 4.69) is 42.9 Å². The van der Waals surface area contributed by atoms with Gasteiger partial charge in [-0.15, -0.1) is 16.9 Å². The molecule has 38 heavy (non-hydrogen) atoms. The third-order valence-corrected chi connectivity index (χ3v) is 8.91. The second-order valence-corrected chi connectivity index (χ2v) is 11.6. The van der Waals surface area contributed by atoms with Gasteiger partial charge in [0.1, 0.15) is 18.4 Å². The van der Waals surface area contributed by atoms with E-state index in [-0.39, 0.29) is 35.8 Å². The highest BCUT2D eigenvalue weighted by Crippen LogP contribution is 2.43. The Hall–Kier alpha value is -2.03. The monoisotopic (exact) mass is 559 g/mol. The zero-order valence-corrected chi connectivity index (χ0v) is 22.3. The summed E-state index contributed by atoms with van der Waals surface area (Å²) >= 11 is 1.28. The first kappa shape index (κ1) is 27.5. The number of aliphatic imine (C=N–C) groups is 1. The van der Waals surface area contributed by atoms with Crippen molar-refractivity contribution in [3.05, 3.63) is 11.6 Å². The lowest BCUT2D eigenvalue weighted by atomic mass is 9.75. The minimum absolute atomic E-state index is 0.0506. The maximum atomic E-state index is 13.5. The third kappa shape index (κ3) is 6.57. The van der Waals surface area contributed by atoms with Crippen molar-refractivity contribution in [3.8, 4) is 0 Å². The first-order valence-corrected chi connectivity index (χ1v) is 14.3. The van der Waals surface area contributed by atoms with Gasteiger partial charge in [-0.2, -0.15) is 13.2 Å². The number of thioether (sulfide) groups is 1. The van der Waals surface area contributed by atoms with Crippen LogP contribution in [0.15, 0.2) is 21.7 Å². The first-order chi connectivity index (χ1) is 18.2. The van der Waals surface area contributed by atoms with Crippen LogP contribution in [0, 0.1) is 23.7 Å². The molecular weight excluding hydrogens is 523 g/mol. The van der Waals surface area contributed by atoms with Crippen molar-refractivity contribution in [1.29, 1.82) is 0 Å². The largest absolute Gasteiger partial charge is 0.451 e. The van der Waals surface area contributed by atoms with Crippen LogP contribution in [0.4, 0.5) is 18.0 Å². The molecule has 5 rings (SSSR count). The number of carbonyl (C=O) groups excluding carboxylic acids is 1. The number of nitrogens with zero attached hydrogens (tertiary/aromatic N) is 2. The van der Waals surface area contributed by atoms with Gasteiger partial charge in [-0.25, -0.2) is 4.79 Å². The van der Waals surface area contributed by atoms with Gasteiger partial charge in [0.2, 0.25) is 12.1 Å². The minimum Gasteiger partial charge on any atom is -0.451 e. The molecule has 212 valence electrons. The van der Waals surface area contributed by atoms with Crippen LogP contribution in [0.5, 0.6) is 0 Å². The van der Waals surface area contributed by atoms with Gasteiger partial charge in [0.25, 0.3) is 0 Å². The average Bonchev–Trinajstić information content (AvgIpc) is 3.37. The van der Waals surface area contributed by atoms with E-state index in [1.54, 1.807) is 13.1 Å². The Bertz CT molecular complexity index is 961. The number of ether oxygens (including phenoxy) is 2. The van der Waals surface area contributed by atoms with Gasteiger partial charge in [0, 0.05) is 49.4 Å². The summed E-state index contributed by atoms with van der Waals surface area (Å²) in [4.78, 5) is 16.8. The summed E-state index contributed by atoms with van der Waals surface area (Å²) < 4.78 is 52.8. The molecule has 14 heteroatoms. The fourth-order valence-electron chi connectivity index (χ4n) is 5.36. The van der Waals surface area contributed by atoms with Crippen LogP contribution in [0.3, 0.4) is 0 Å². The molecular formula is C24H36F3N7O3S. The predicted octanol–water partition coefficient (Wildman–Crippen LogP) is 2.11. The Morgan fingerprint density at radius 3 is 2.79 bits per heavy atom. The maximum Gasteiger partial charge on any atom is 0.404 e. The second kappa shape index (κ2) is 11.6. The van der Waals surface area contributed by atoms with Gasteiger partial charge in [-0.1, -0.05) is 6.08 Å². The number of hydrogen-bond donors (Lipinski definition) is 5. The van der Waals surface area contributed by atoms with E-state index in [4.69, 9.17) is 9.47 Å². The molecule has 4 heterocycles. The highest BCUT2D eigenvalue weighted by molar-refractivity contribution is 8.00. The standard InChI is InChI=1S/C24H36F3N7O3S/c1-3-28-23(35)32-19-7-16(22-31-18(11-38-22)24(25,26)27)17(9-29-19)15-6-14(20-34-33-12(2)37-20)8-30-21(15)36-10-13-4-5-13/h6,9,13,15-22,30-31,34H,3-5,7-8,10-11H2,1-2H3,(H2,28,32,35). The van der Waals surface area contributed by atoms with Crippen LogP contribution in [0.2, 0.25) is 0 Å². The molecule has 8 atom stereocenters. The Balaban J connectivity index is 1.40. The number of alkyl halides is 3. The van der Waals surface area contributed by atoms with Crippen molar-refractivity contribution in [1.82, 2.24) is 26.7 Å². The van der Waals surface area contributed by atoms with Crippen molar-refractivity contribution in [2.24, 2.45) is 33.8 Å². The summed E-state index contributed by atoms with van der Waals surface area (Å²) in [5.74, 6) is 0.387. The van der Waals surface area contributed by atoms with E-state index in [0.717, 1.165) is 18.4 Å². The molecule has 0 aromatic heterocycles. The van der Waals surface area contributed by atoms with E-state index in [1.807, 2.05) is 6.92 Å². The van der Waals surface area contributed by atoms with Crippen LogP contribution < -0.4 is 26.7 Å². The normalized spacial score (nSPS) is 37.2. The number of carbonyl (C=O) groups is 1. The molecule has 0 radical (unpaired) electrons. The molecule has 0 aromatic rings. The number of nitrogens with one attached hydrogen (secondary N) is 5. The highest BCUT2D eigenvalue weighted by Gasteiger charge is 2.50. The van der Waals surface area contributed by atoms with Crippen LogP contribution >= 0.6 is 11.8 Å². The number of hydrogen-bond acceptors (Lipinski definition) is 9. The summed E-state index contributed by atoms with van der Waals surface area (Å²) in [6, 6.07) is -1.92. The summed E-state index contributed by atoms with van der Waals surface area (Å²) in [5, 5.41) is 15.5. The zero-order valence-electron chi connectivity index (χ0n) is 21.5. The fourth-order valence-corrected chi connectivity index (χ4v) is 6.84. The molecule has 1 saturated heterocycles. The molecule has 1 aliphatic carbocycles. The lowest BCUT2D eigenvalue weighted by Crippen LogP contribution is -2.54. The van der Waals surface area contributed by atoms with E-state index >= 15 is 0 Å². The Kier molecular flexibility index (Phi) is 8.41. The Morgan fingerprint density at radius 1 is 1.32 bits per heavy atom. The lowest BCUT2D eigenvalue weighted by molar-refractivity contribution is -0.149. The molecule has 0 aromatic carbocycles. The fraction of sp³-hybridized carbons (Fsp3) is 0.792. The maximum absolute atomic E-state index is 13.5. The molecule has 2 amide bonds. The Labute approximate surface area is 224 Å². The van der Waals surface area contributed by atoms with Gasteiger partial charge in [0.15, 0.2) is 0 Å². The van der Waals surface area contributed by atoms with Gasteiger partial charge in [-0.3, -0.25) is 21.1 Å². The molecule has 10 nitrogen and oxygen atoms in total. The SMILES string of the molecule is CCNC(=O)NC1CC(C2NC(C(F)(F)F)CS2)C(C2C=C(C3NN=C(C)O3)CNC2OCC2CC2)C=N1. The minimum atomic E-state index is -4.32. The quantitative estimate of drug-likeness (QED) is 0.289. The van der Waals surface area contributed by atoms with Gasteiger partial charge < -0.3 is 20.1 Å². The molecule has 1 saturated carbocycles.